The number of aliphatic imine (C=N–C) groups is 1. The Morgan fingerprint density at radius 2 is 2.08 bits per heavy atom. The molecule has 8 heteroatoms. The van der Waals surface area contributed by atoms with Crippen LogP contribution in [0.3, 0.4) is 0 Å². The molecule has 1 aromatic carbocycles. The van der Waals surface area contributed by atoms with E-state index in [9.17, 15) is 0 Å². The van der Waals surface area contributed by atoms with Gasteiger partial charge in [0.05, 0.1) is 19.9 Å². The normalized spacial score (nSPS) is 11.4. The highest BCUT2D eigenvalue weighted by molar-refractivity contribution is 5.79. The van der Waals surface area contributed by atoms with Gasteiger partial charge in [0, 0.05) is 25.6 Å². The standard InChI is InChI=1S/C18H22N6O2/c1-19-18(20-10-9-15-4-3-11-26-15)21-12-16-22-17(24-23-16)13-5-7-14(25-2)8-6-13/h3-8,11H,9-10,12H2,1-2H3,(H2,19,20,21)(H,22,23,24). The van der Waals surface area contributed by atoms with Crippen molar-refractivity contribution in [1.82, 2.24) is 25.8 Å². The molecule has 0 aliphatic rings. The highest BCUT2D eigenvalue weighted by Gasteiger charge is 2.07. The molecule has 0 saturated heterocycles. The van der Waals surface area contributed by atoms with E-state index in [1.54, 1.807) is 20.4 Å². The van der Waals surface area contributed by atoms with Gasteiger partial charge in [0.15, 0.2) is 11.8 Å². The first-order valence-electron chi connectivity index (χ1n) is 8.31. The maximum absolute atomic E-state index is 5.31. The zero-order valence-electron chi connectivity index (χ0n) is 14.8. The first kappa shape index (κ1) is 17.5. The van der Waals surface area contributed by atoms with Gasteiger partial charge in [-0.1, -0.05) is 0 Å². The van der Waals surface area contributed by atoms with E-state index in [0.29, 0.717) is 18.3 Å². The first-order valence-corrected chi connectivity index (χ1v) is 8.31. The first-order chi connectivity index (χ1) is 12.8. The van der Waals surface area contributed by atoms with Gasteiger partial charge < -0.3 is 19.8 Å². The number of aromatic nitrogens is 3. The van der Waals surface area contributed by atoms with E-state index < -0.39 is 0 Å². The number of hydrogen-bond acceptors (Lipinski definition) is 5. The number of aromatic amines is 1. The highest BCUT2D eigenvalue weighted by atomic mass is 16.5. The Bertz CT molecular complexity index is 824. The number of benzene rings is 1. The molecule has 2 heterocycles. The van der Waals surface area contributed by atoms with E-state index in [0.717, 1.165) is 35.9 Å². The average Bonchev–Trinajstić information content (AvgIpc) is 3.36. The second-order valence-corrected chi connectivity index (χ2v) is 5.52. The Hall–Kier alpha value is -3.29. The molecular weight excluding hydrogens is 332 g/mol. The highest BCUT2D eigenvalue weighted by Crippen LogP contribution is 2.18. The van der Waals surface area contributed by atoms with Gasteiger partial charge in [-0.2, -0.15) is 5.10 Å². The third-order valence-electron chi connectivity index (χ3n) is 3.77. The number of rotatable bonds is 7. The summed E-state index contributed by atoms with van der Waals surface area (Å²) < 4.78 is 10.5. The van der Waals surface area contributed by atoms with E-state index in [4.69, 9.17) is 9.15 Å². The summed E-state index contributed by atoms with van der Waals surface area (Å²) in [4.78, 5) is 8.69. The second-order valence-electron chi connectivity index (χ2n) is 5.52. The molecule has 0 atom stereocenters. The minimum atomic E-state index is 0.490. The molecule has 3 N–H and O–H groups in total. The smallest absolute Gasteiger partial charge is 0.191 e. The number of methoxy groups -OCH3 is 1. The van der Waals surface area contributed by atoms with Gasteiger partial charge in [-0.25, -0.2) is 4.98 Å². The number of furan rings is 1. The minimum Gasteiger partial charge on any atom is -0.497 e. The van der Waals surface area contributed by atoms with Gasteiger partial charge in [0.2, 0.25) is 0 Å². The molecule has 0 fully saturated rings. The maximum Gasteiger partial charge on any atom is 0.191 e. The van der Waals surface area contributed by atoms with Crippen molar-refractivity contribution in [2.75, 3.05) is 20.7 Å². The molecule has 8 nitrogen and oxygen atoms in total. The summed E-state index contributed by atoms with van der Waals surface area (Å²) in [6.45, 7) is 1.21. The molecule has 2 aromatic heterocycles. The van der Waals surface area contributed by atoms with Crippen LogP contribution in [0.15, 0.2) is 52.1 Å². The molecule has 3 rings (SSSR count). The van der Waals surface area contributed by atoms with Gasteiger partial charge in [-0.15, -0.1) is 0 Å². The van der Waals surface area contributed by atoms with Gasteiger partial charge in [0.25, 0.3) is 0 Å². The summed E-state index contributed by atoms with van der Waals surface area (Å²) in [5.41, 5.74) is 0.925. The Balaban J connectivity index is 1.49. The van der Waals surface area contributed by atoms with Crippen LogP contribution in [0.5, 0.6) is 5.75 Å². The third-order valence-corrected chi connectivity index (χ3v) is 3.77. The van der Waals surface area contributed by atoms with Gasteiger partial charge >= 0.3 is 0 Å². The van der Waals surface area contributed by atoms with Gasteiger partial charge in [-0.05, 0) is 36.4 Å². The summed E-state index contributed by atoms with van der Waals surface area (Å²) in [6.07, 6.45) is 2.46. The van der Waals surface area contributed by atoms with Crippen molar-refractivity contribution >= 4 is 5.96 Å². The van der Waals surface area contributed by atoms with Crippen LogP contribution in [0.4, 0.5) is 0 Å². The van der Waals surface area contributed by atoms with E-state index >= 15 is 0 Å². The number of nitrogens with zero attached hydrogens (tertiary/aromatic N) is 3. The molecule has 0 spiro atoms. The Morgan fingerprint density at radius 1 is 1.23 bits per heavy atom. The SMILES string of the molecule is CN=C(NCCc1ccco1)NCc1nc(-c2ccc(OC)cc2)n[nH]1. The van der Waals surface area contributed by atoms with Gasteiger partial charge in [-0.3, -0.25) is 10.1 Å². The van der Waals surface area contributed by atoms with Gasteiger partial charge in [0.1, 0.15) is 17.3 Å². The third kappa shape index (κ3) is 4.62. The zero-order chi connectivity index (χ0) is 18.2. The monoisotopic (exact) mass is 354 g/mol. The fourth-order valence-corrected chi connectivity index (χ4v) is 2.39. The van der Waals surface area contributed by atoms with Crippen molar-refractivity contribution < 1.29 is 9.15 Å². The number of H-pyrrole nitrogens is 1. The summed E-state index contributed by atoms with van der Waals surface area (Å²) >= 11 is 0. The van der Waals surface area contributed by atoms with Crippen LogP contribution in [0, 0.1) is 0 Å². The molecule has 0 unspecified atom stereocenters. The molecule has 0 radical (unpaired) electrons. The topological polar surface area (TPSA) is 100 Å². The van der Waals surface area contributed by atoms with E-state index in [1.165, 1.54) is 0 Å². The Kier molecular flexibility index (Phi) is 5.87. The molecule has 0 bridgehead atoms. The van der Waals surface area contributed by atoms with Crippen LogP contribution in [0.25, 0.3) is 11.4 Å². The summed E-state index contributed by atoms with van der Waals surface area (Å²) in [6, 6.07) is 11.4. The fourth-order valence-electron chi connectivity index (χ4n) is 2.39. The zero-order valence-corrected chi connectivity index (χ0v) is 14.8. The van der Waals surface area contributed by atoms with Crippen LogP contribution >= 0.6 is 0 Å². The molecule has 136 valence electrons. The van der Waals surface area contributed by atoms with Crippen molar-refractivity contribution in [1.29, 1.82) is 0 Å². The lowest BCUT2D eigenvalue weighted by atomic mass is 10.2. The molecule has 0 saturated carbocycles. The molecule has 3 aromatic rings. The number of nitrogens with one attached hydrogen (secondary N) is 3. The van der Waals surface area contributed by atoms with Crippen molar-refractivity contribution in [2.45, 2.75) is 13.0 Å². The lowest BCUT2D eigenvalue weighted by molar-refractivity contribution is 0.415. The number of hydrogen-bond donors (Lipinski definition) is 3. The predicted molar refractivity (Wildman–Crippen MR) is 99.0 cm³/mol. The van der Waals surface area contributed by atoms with E-state index in [-0.39, 0.29) is 0 Å². The van der Waals surface area contributed by atoms with Crippen LogP contribution < -0.4 is 15.4 Å². The lowest BCUT2D eigenvalue weighted by Gasteiger charge is -2.09. The number of guanidine groups is 1. The van der Waals surface area contributed by atoms with Crippen LogP contribution in [-0.4, -0.2) is 41.8 Å². The van der Waals surface area contributed by atoms with Crippen LogP contribution in [0.1, 0.15) is 11.6 Å². The second kappa shape index (κ2) is 8.70. The summed E-state index contributed by atoms with van der Waals surface area (Å²) in [5, 5.41) is 13.6. The van der Waals surface area contributed by atoms with Crippen molar-refractivity contribution in [3.8, 4) is 17.1 Å². The predicted octanol–water partition coefficient (Wildman–Crippen LogP) is 1.98. The fraction of sp³-hybridized carbons (Fsp3) is 0.278. The molecular formula is C18H22N6O2. The lowest BCUT2D eigenvalue weighted by Crippen LogP contribution is -2.38. The minimum absolute atomic E-state index is 0.490. The van der Waals surface area contributed by atoms with Crippen molar-refractivity contribution in [3.05, 3.63) is 54.2 Å². The molecule has 0 aliphatic carbocycles. The Labute approximate surface area is 151 Å². The largest absolute Gasteiger partial charge is 0.497 e. The van der Waals surface area contributed by atoms with Crippen LogP contribution in [-0.2, 0) is 13.0 Å². The quantitative estimate of drug-likeness (QED) is 0.443. The molecule has 0 aliphatic heterocycles. The number of ether oxygens (including phenoxy) is 1. The summed E-state index contributed by atoms with van der Waals surface area (Å²) in [5.74, 6) is 3.80. The molecule has 0 amide bonds. The van der Waals surface area contributed by atoms with Crippen molar-refractivity contribution in [2.24, 2.45) is 4.99 Å². The van der Waals surface area contributed by atoms with Crippen molar-refractivity contribution in [3.63, 3.8) is 0 Å². The average molecular weight is 354 g/mol. The summed E-state index contributed by atoms with van der Waals surface area (Å²) in [7, 11) is 3.37. The maximum atomic E-state index is 5.31. The van der Waals surface area contributed by atoms with E-state index in [2.05, 4.69) is 30.8 Å². The molecule has 26 heavy (non-hydrogen) atoms. The Morgan fingerprint density at radius 3 is 2.77 bits per heavy atom. The van der Waals surface area contributed by atoms with E-state index in [1.807, 2.05) is 36.4 Å². The van der Waals surface area contributed by atoms with Crippen LogP contribution in [0.2, 0.25) is 0 Å².